The lowest BCUT2D eigenvalue weighted by Gasteiger charge is -2.49. The molecule has 2 aromatic carbocycles. The van der Waals surface area contributed by atoms with E-state index in [-0.39, 0.29) is 18.0 Å². The zero-order chi connectivity index (χ0) is 24.6. The molecule has 0 aliphatic carbocycles. The van der Waals surface area contributed by atoms with Crippen LogP contribution in [-0.4, -0.2) is 70.6 Å². The maximum Gasteiger partial charge on any atom is 0.254 e. The van der Waals surface area contributed by atoms with Crippen molar-refractivity contribution in [1.29, 1.82) is 0 Å². The first-order valence-electron chi connectivity index (χ1n) is 12.1. The second-order valence-electron chi connectivity index (χ2n) is 9.33. The molecule has 2 aliphatic heterocycles. The van der Waals surface area contributed by atoms with Crippen LogP contribution in [0.3, 0.4) is 0 Å². The maximum atomic E-state index is 13.5. The van der Waals surface area contributed by atoms with Gasteiger partial charge in [0.25, 0.3) is 5.91 Å². The molecular formula is C28H27ClN4O3. The molecule has 2 fully saturated rings. The topological polar surface area (TPSA) is 59.3 Å². The fraction of sp³-hybridized carbons (Fsp3) is 0.286. The fourth-order valence-electron chi connectivity index (χ4n) is 5.37. The Kier molecular flexibility index (Phi) is 6.13. The van der Waals surface area contributed by atoms with Crippen LogP contribution in [-0.2, 0) is 11.3 Å². The van der Waals surface area contributed by atoms with E-state index in [0.717, 1.165) is 42.2 Å². The number of ether oxygens (including phenoxy) is 2. The molecule has 184 valence electrons. The number of piperazine rings is 1. The number of benzene rings is 2. The molecule has 4 heterocycles. The molecule has 7 nitrogen and oxygen atoms in total. The van der Waals surface area contributed by atoms with Gasteiger partial charge in [0, 0.05) is 42.0 Å². The minimum atomic E-state index is -0.0191. The van der Waals surface area contributed by atoms with Crippen molar-refractivity contribution >= 4 is 23.2 Å². The van der Waals surface area contributed by atoms with Crippen molar-refractivity contribution in [3.8, 4) is 17.0 Å². The van der Waals surface area contributed by atoms with E-state index in [1.807, 2.05) is 71.6 Å². The highest BCUT2D eigenvalue weighted by Gasteiger charge is 2.41. The van der Waals surface area contributed by atoms with Crippen molar-refractivity contribution < 1.29 is 14.3 Å². The molecule has 2 atom stereocenters. The fourth-order valence-corrected chi connectivity index (χ4v) is 5.49. The smallest absolute Gasteiger partial charge is 0.254 e. The van der Waals surface area contributed by atoms with Crippen molar-refractivity contribution in [2.75, 3.05) is 33.4 Å². The first-order chi connectivity index (χ1) is 17.6. The molecular weight excluding hydrogens is 476 g/mol. The van der Waals surface area contributed by atoms with E-state index in [0.29, 0.717) is 29.5 Å². The van der Waals surface area contributed by atoms with Gasteiger partial charge in [0.1, 0.15) is 11.4 Å². The van der Waals surface area contributed by atoms with Gasteiger partial charge < -0.3 is 18.8 Å². The number of pyridine rings is 1. The molecule has 2 unspecified atom stereocenters. The molecule has 4 aromatic rings. The quantitative estimate of drug-likeness (QED) is 0.405. The van der Waals surface area contributed by atoms with Crippen LogP contribution in [0.1, 0.15) is 16.1 Å². The number of nitrogens with zero attached hydrogens (tertiary/aromatic N) is 4. The van der Waals surface area contributed by atoms with E-state index < -0.39 is 0 Å². The van der Waals surface area contributed by atoms with Gasteiger partial charge in [-0.1, -0.05) is 35.9 Å². The highest BCUT2D eigenvalue weighted by atomic mass is 35.5. The number of hydrogen-bond acceptors (Lipinski definition) is 5. The number of amides is 1. The van der Waals surface area contributed by atoms with Gasteiger partial charge in [-0.2, -0.15) is 0 Å². The van der Waals surface area contributed by atoms with E-state index >= 15 is 0 Å². The van der Waals surface area contributed by atoms with Crippen LogP contribution < -0.4 is 4.74 Å². The Labute approximate surface area is 214 Å². The maximum absolute atomic E-state index is 13.5. The minimum absolute atomic E-state index is 0.0191. The molecule has 2 aliphatic rings. The Morgan fingerprint density at radius 2 is 1.83 bits per heavy atom. The number of rotatable bonds is 5. The minimum Gasteiger partial charge on any atom is -0.497 e. The monoisotopic (exact) mass is 502 g/mol. The summed E-state index contributed by atoms with van der Waals surface area (Å²) in [4.78, 5) is 22.9. The van der Waals surface area contributed by atoms with E-state index in [9.17, 15) is 4.79 Å². The summed E-state index contributed by atoms with van der Waals surface area (Å²) in [6.45, 7) is 3.23. The molecule has 36 heavy (non-hydrogen) atoms. The molecule has 1 amide bonds. The molecule has 6 rings (SSSR count). The zero-order valence-corrected chi connectivity index (χ0v) is 20.8. The van der Waals surface area contributed by atoms with Gasteiger partial charge in [-0.3, -0.25) is 9.69 Å². The third kappa shape index (κ3) is 4.23. The lowest BCUT2D eigenvalue weighted by molar-refractivity contribution is -0.0816. The summed E-state index contributed by atoms with van der Waals surface area (Å²) in [6, 6.07) is 21.2. The average molecular weight is 503 g/mol. The van der Waals surface area contributed by atoms with Crippen LogP contribution in [0, 0.1) is 0 Å². The highest BCUT2D eigenvalue weighted by molar-refractivity contribution is 6.30. The van der Waals surface area contributed by atoms with Gasteiger partial charge in [0.2, 0.25) is 0 Å². The van der Waals surface area contributed by atoms with Gasteiger partial charge in [-0.05, 0) is 42.5 Å². The van der Waals surface area contributed by atoms with Crippen LogP contribution >= 0.6 is 11.6 Å². The molecule has 0 N–H and O–H groups in total. The molecule has 2 aromatic heterocycles. The van der Waals surface area contributed by atoms with Gasteiger partial charge in [-0.15, -0.1) is 0 Å². The summed E-state index contributed by atoms with van der Waals surface area (Å²) in [5.74, 6) is 0.715. The third-order valence-corrected chi connectivity index (χ3v) is 7.27. The summed E-state index contributed by atoms with van der Waals surface area (Å²) in [5, 5.41) is 0.703. The standard InChI is InChI=1S/C28H27ClN4O3/c1-35-24-6-4-5-20(13-24)28(34)33-22-14-31(15-23(33)18-36-17-22)16-25-27(19-8-10-21(29)11-9-19)30-26-7-2-3-12-32(25)26/h2-13,22-23H,14-18H2,1H3. The summed E-state index contributed by atoms with van der Waals surface area (Å²) in [6.07, 6.45) is 2.06. The molecule has 0 radical (unpaired) electrons. The molecule has 0 saturated carbocycles. The van der Waals surface area contributed by atoms with Gasteiger partial charge in [0.05, 0.1) is 43.8 Å². The largest absolute Gasteiger partial charge is 0.497 e. The number of aromatic nitrogens is 2. The van der Waals surface area contributed by atoms with E-state index in [2.05, 4.69) is 15.5 Å². The van der Waals surface area contributed by atoms with Gasteiger partial charge >= 0.3 is 0 Å². The average Bonchev–Trinajstić information content (AvgIpc) is 3.26. The van der Waals surface area contributed by atoms with Crippen molar-refractivity contribution in [2.24, 2.45) is 0 Å². The number of methoxy groups -OCH3 is 1. The van der Waals surface area contributed by atoms with E-state index in [4.69, 9.17) is 26.1 Å². The lowest BCUT2D eigenvalue weighted by atomic mass is 10.0. The number of morpholine rings is 1. The second kappa shape index (κ2) is 9.58. The number of halogens is 1. The first-order valence-corrected chi connectivity index (χ1v) is 12.5. The molecule has 8 heteroatoms. The Balaban J connectivity index is 1.29. The number of carbonyl (C=O) groups excluding carboxylic acids is 1. The van der Waals surface area contributed by atoms with Crippen molar-refractivity contribution in [3.05, 3.63) is 89.2 Å². The van der Waals surface area contributed by atoms with Crippen LogP contribution in [0.4, 0.5) is 0 Å². The first kappa shape index (κ1) is 23.0. The van der Waals surface area contributed by atoms with Gasteiger partial charge in [-0.25, -0.2) is 4.98 Å². The SMILES string of the molecule is COc1cccc(C(=O)N2C3COCC2CN(Cc2c(-c4ccc(Cl)cc4)nc4ccccn24)C3)c1. The predicted octanol–water partition coefficient (Wildman–Crippen LogP) is 4.39. The third-order valence-electron chi connectivity index (χ3n) is 7.02. The predicted molar refractivity (Wildman–Crippen MR) is 138 cm³/mol. The van der Waals surface area contributed by atoms with Crippen LogP contribution in [0.2, 0.25) is 5.02 Å². The normalized spacial score (nSPS) is 20.0. The summed E-state index contributed by atoms with van der Waals surface area (Å²) in [7, 11) is 1.61. The van der Waals surface area contributed by atoms with Crippen LogP contribution in [0.25, 0.3) is 16.9 Å². The summed E-state index contributed by atoms with van der Waals surface area (Å²) < 4.78 is 13.4. The molecule has 2 saturated heterocycles. The summed E-state index contributed by atoms with van der Waals surface area (Å²) >= 11 is 6.14. The Bertz CT molecular complexity index is 1390. The zero-order valence-electron chi connectivity index (χ0n) is 20.0. The molecule has 2 bridgehead atoms. The Hall–Kier alpha value is -3.39. The van der Waals surface area contributed by atoms with Crippen LogP contribution in [0.5, 0.6) is 5.75 Å². The number of hydrogen-bond donors (Lipinski definition) is 0. The van der Waals surface area contributed by atoms with Crippen LogP contribution in [0.15, 0.2) is 72.9 Å². The highest BCUT2D eigenvalue weighted by Crippen LogP contribution is 2.30. The van der Waals surface area contributed by atoms with Gasteiger partial charge in [0.15, 0.2) is 0 Å². The summed E-state index contributed by atoms with van der Waals surface area (Å²) in [5.41, 5.74) is 4.67. The number of carbonyl (C=O) groups is 1. The number of imidazole rings is 1. The lowest BCUT2D eigenvalue weighted by Crippen LogP contribution is -2.65. The van der Waals surface area contributed by atoms with Crippen molar-refractivity contribution in [2.45, 2.75) is 18.6 Å². The Morgan fingerprint density at radius 3 is 2.58 bits per heavy atom. The Morgan fingerprint density at radius 1 is 1.06 bits per heavy atom. The van der Waals surface area contributed by atoms with Crippen molar-refractivity contribution in [3.63, 3.8) is 0 Å². The van der Waals surface area contributed by atoms with E-state index in [1.165, 1.54) is 0 Å². The molecule has 0 spiro atoms. The van der Waals surface area contributed by atoms with Crippen molar-refractivity contribution in [1.82, 2.24) is 19.2 Å². The van der Waals surface area contributed by atoms with E-state index in [1.54, 1.807) is 7.11 Å². The second-order valence-corrected chi connectivity index (χ2v) is 9.76. The number of fused-ring (bicyclic) bond motifs is 3.